The molecule has 0 aliphatic carbocycles. The first kappa shape index (κ1) is 19.0. The molecule has 0 spiro atoms. The quantitative estimate of drug-likeness (QED) is 0.607. The van der Waals surface area contributed by atoms with E-state index in [0.29, 0.717) is 22.1 Å². The lowest BCUT2D eigenvalue weighted by Crippen LogP contribution is -2.32. The fourth-order valence-corrected chi connectivity index (χ4v) is 3.99. The Bertz CT molecular complexity index is 971. The first-order valence-electron chi connectivity index (χ1n) is 9.38. The Morgan fingerprint density at radius 3 is 2.79 bits per heavy atom. The van der Waals surface area contributed by atoms with Crippen LogP contribution in [0.15, 0.2) is 54.6 Å². The molecule has 146 valence electrons. The van der Waals surface area contributed by atoms with Crippen molar-refractivity contribution in [1.29, 1.82) is 0 Å². The zero-order chi connectivity index (χ0) is 19.9. The van der Waals surface area contributed by atoms with Crippen molar-refractivity contribution in [2.45, 2.75) is 26.1 Å². The molecule has 0 aromatic heterocycles. The molecule has 0 amide bonds. The van der Waals surface area contributed by atoms with E-state index in [1.807, 2.05) is 25.1 Å². The van der Waals surface area contributed by atoms with E-state index in [1.165, 1.54) is 11.6 Å². The summed E-state index contributed by atoms with van der Waals surface area (Å²) in [5.41, 5.74) is 3.71. The summed E-state index contributed by atoms with van der Waals surface area (Å²) in [6.45, 7) is 10.5. The Morgan fingerprint density at radius 1 is 1.29 bits per heavy atom. The Kier molecular flexibility index (Phi) is 4.94. The monoisotopic (exact) mass is 399 g/mol. The normalized spacial score (nSPS) is 21.5. The zero-order valence-corrected chi connectivity index (χ0v) is 16.9. The van der Waals surface area contributed by atoms with Crippen LogP contribution in [0, 0.1) is 5.82 Å². The van der Waals surface area contributed by atoms with Gasteiger partial charge in [0.25, 0.3) is 5.79 Å². The molecule has 2 aliphatic rings. The van der Waals surface area contributed by atoms with Gasteiger partial charge in [-0.25, -0.2) is 4.39 Å². The van der Waals surface area contributed by atoms with E-state index in [9.17, 15) is 4.39 Å². The molecule has 2 aromatic carbocycles. The highest BCUT2D eigenvalue weighted by atomic mass is 35.5. The van der Waals surface area contributed by atoms with E-state index < -0.39 is 11.6 Å². The van der Waals surface area contributed by atoms with Crippen molar-refractivity contribution in [1.82, 2.24) is 4.90 Å². The Morgan fingerprint density at radius 2 is 2.11 bits per heavy atom. The molecule has 0 fully saturated rings. The van der Waals surface area contributed by atoms with Gasteiger partial charge in [0.2, 0.25) is 0 Å². The molecule has 0 N–H and O–H groups in total. The van der Waals surface area contributed by atoms with Gasteiger partial charge in [-0.2, -0.15) is 0 Å². The third-order valence-corrected chi connectivity index (χ3v) is 5.37. The van der Waals surface area contributed by atoms with Gasteiger partial charge < -0.3 is 9.47 Å². The van der Waals surface area contributed by atoms with Gasteiger partial charge in [0, 0.05) is 37.1 Å². The molecule has 2 heterocycles. The third kappa shape index (κ3) is 3.54. The number of benzene rings is 2. The molecule has 4 rings (SSSR count). The van der Waals surface area contributed by atoms with Crippen LogP contribution in [-0.2, 0) is 5.79 Å². The summed E-state index contributed by atoms with van der Waals surface area (Å²) < 4.78 is 26.8. The van der Waals surface area contributed by atoms with Crippen LogP contribution in [0.1, 0.15) is 31.4 Å². The van der Waals surface area contributed by atoms with Gasteiger partial charge in [0.15, 0.2) is 11.5 Å². The minimum Gasteiger partial charge on any atom is -0.444 e. The molecule has 2 aliphatic heterocycles. The summed E-state index contributed by atoms with van der Waals surface area (Å²) in [4.78, 5) is 2.36. The maximum absolute atomic E-state index is 14.5. The van der Waals surface area contributed by atoms with Crippen LogP contribution in [0.3, 0.4) is 0 Å². The molecule has 3 nitrogen and oxygen atoms in total. The van der Waals surface area contributed by atoms with Gasteiger partial charge in [-0.1, -0.05) is 42.0 Å². The number of para-hydroxylation sites is 1. The van der Waals surface area contributed by atoms with Crippen molar-refractivity contribution in [2.24, 2.45) is 0 Å². The van der Waals surface area contributed by atoms with E-state index in [1.54, 1.807) is 19.1 Å². The largest absolute Gasteiger partial charge is 0.444 e. The van der Waals surface area contributed by atoms with Gasteiger partial charge in [-0.05, 0) is 43.2 Å². The number of fused-ring (bicyclic) bond motifs is 1. The van der Waals surface area contributed by atoms with E-state index >= 15 is 0 Å². The molecule has 0 radical (unpaired) electrons. The highest BCUT2D eigenvalue weighted by Crippen LogP contribution is 2.49. The number of halogens is 2. The molecular formula is C23H23ClFNO2. The van der Waals surface area contributed by atoms with E-state index in [2.05, 4.69) is 17.6 Å². The van der Waals surface area contributed by atoms with Crippen LogP contribution in [0.5, 0.6) is 11.5 Å². The second-order valence-corrected chi connectivity index (χ2v) is 8.01. The lowest BCUT2D eigenvalue weighted by molar-refractivity contribution is -0.0708. The van der Waals surface area contributed by atoms with Gasteiger partial charge in [-0.15, -0.1) is 0 Å². The van der Waals surface area contributed by atoms with Gasteiger partial charge in [0.1, 0.15) is 5.82 Å². The van der Waals surface area contributed by atoms with E-state index in [0.717, 1.165) is 37.2 Å². The van der Waals surface area contributed by atoms with Crippen molar-refractivity contribution in [3.05, 3.63) is 76.6 Å². The van der Waals surface area contributed by atoms with E-state index in [-0.39, 0.29) is 0 Å². The number of hydrogen-bond acceptors (Lipinski definition) is 3. The van der Waals surface area contributed by atoms with Crippen LogP contribution < -0.4 is 9.47 Å². The predicted molar refractivity (Wildman–Crippen MR) is 110 cm³/mol. The summed E-state index contributed by atoms with van der Waals surface area (Å²) in [6, 6.07) is 10.4. The number of rotatable bonds is 4. The van der Waals surface area contributed by atoms with Crippen LogP contribution in [0.25, 0.3) is 5.57 Å². The molecule has 28 heavy (non-hydrogen) atoms. The topological polar surface area (TPSA) is 21.7 Å². The Hall–Kier alpha value is -2.30. The van der Waals surface area contributed by atoms with Crippen molar-refractivity contribution >= 4 is 17.2 Å². The van der Waals surface area contributed by atoms with Gasteiger partial charge in [0.05, 0.1) is 5.56 Å². The first-order valence-corrected chi connectivity index (χ1v) is 9.76. The smallest absolute Gasteiger partial charge is 0.278 e. The SMILES string of the molecule is C=C(C)CN1CC=C(c2cccc3c2OC(C)(c2ccc(Cl)cc2F)O3)CC1. The Balaban J connectivity index is 1.63. The molecule has 1 unspecified atom stereocenters. The highest BCUT2D eigenvalue weighted by Gasteiger charge is 2.42. The molecule has 5 heteroatoms. The van der Waals surface area contributed by atoms with Gasteiger partial charge >= 0.3 is 0 Å². The zero-order valence-electron chi connectivity index (χ0n) is 16.1. The van der Waals surface area contributed by atoms with Crippen LogP contribution >= 0.6 is 11.6 Å². The molecule has 0 bridgehead atoms. The number of nitrogens with zero attached hydrogens (tertiary/aromatic N) is 1. The average Bonchev–Trinajstić information content (AvgIpc) is 2.98. The fraction of sp³-hybridized carbons (Fsp3) is 0.304. The van der Waals surface area contributed by atoms with Crippen LogP contribution in [0.4, 0.5) is 4.39 Å². The summed E-state index contributed by atoms with van der Waals surface area (Å²) in [7, 11) is 0. The second-order valence-electron chi connectivity index (χ2n) is 7.58. The van der Waals surface area contributed by atoms with Crippen LogP contribution in [-0.4, -0.2) is 24.5 Å². The lowest BCUT2D eigenvalue weighted by atomic mass is 9.98. The van der Waals surface area contributed by atoms with E-state index in [4.69, 9.17) is 21.1 Å². The van der Waals surface area contributed by atoms with Crippen molar-refractivity contribution in [3.63, 3.8) is 0 Å². The fourth-order valence-electron chi connectivity index (χ4n) is 3.83. The maximum atomic E-state index is 14.5. The summed E-state index contributed by atoms with van der Waals surface area (Å²) in [6.07, 6.45) is 3.14. The predicted octanol–water partition coefficient (Wildman–Crippen LogP) is 5.79. The first-order chi connectivity index (χ1) is 13.4. The molecule has 1 atom stereocenters. The summed E-state index contributed by atoms with van der Waals surface area (Å²) >= 11 is 5.89. The van der Waals surface area contributed by atoms with Crippen molar-refractivity contribution in [2.75, 3.05) is 19.6 Å². The third-order valence-electron chi connectivity index (χ3n) is 5.13. The van der Waals surface area contributed by atoms with Gasteiger partial charge in [-0.3, -0.25) is 4.90 Å². The molecule has 0 saturated carbocycles. The van der Waals surface area contributed by atoms with Crippen LogP contribution in [0.2, 0.25) is 5.02 Å². The number of ether oxygens (including phenoxy) is 2. The molecular weight excluding hydrogens is 377 g/mol. The second kappa shape index (κ2) is 7.26. The van der Waals surface area contributed by atoms with Crippen molar-refractivity contribution < 1.29 is 13.9 Å². The van der Waals surface area contributed by atoms with Crippen molar-refractivity contribution in [3.8, 4) is 11.5 Å². The summed E-state index contributed by atoms with van der Waals surface area (Å²) in [5, 5.41) is 0.340. The maximum Gasteiger partial charge on any atom is 0.278 e. The molecule has 2 aromatic rings. The minimum atomic E-state index is -1.23. The lowest BCUT2D eigenvalue weighted by Gasteiger charge is -2.27. The summed E-state index contributed by atoms with van der Waals surface area (Å²) in [5.74, 6) is -0.385. The molecule has 0 saturated heterocycles. The Labute approximate surface area is 170 Å². The standard InChI is InChI=1S/C23H23ClFNO2/c1-15(2)14-26-11-9-16(10-12-26)18-5-4-6-21-22(18)28-23(3,27-21)19-8-7-17(24)13-20(19)25/h4-9,13H,1,10-12,14H2,2-3H3. The average molecular weight is 400 g/mol. The minimum absolute atomic E-state index is 0.323. The highest BCUT2D eigenvalue weighted by molar-refractivity contribution is 6.30. The number of hydrogen-bond donors (Lipinski definition) is 0.